The van der Waals surface area contributed by atoms with Crippen molar-refractivity contribution >= 4 is 41.5 Å². The van der Waals surface area contributed by atoms with Gasteiger partial charge in [-0.05, 0) is 36.4 Å². The van der Waals surface area contributed by atoms with E-state index in [9.17, 15) is 0 Å². The average Bonchev–Trinajstić information content (AvgIpc) is 2.97. The highest BCUT2D eigenvalue weighted by Crippen LogP contribution is 2.27. The van der Waals surface area contributed by atoms with E-state index in [-0.39, 0.29) is 24.0 Å². The first kappa shape index (κ1) is 15.0. The van der Waals surface area contributed by atoms with E-state index in [1.165, 1.54) is 23.7 Å². The monoisotopic (exact) mass is 392 g/mol. The Labute approximate surface area is 136 Å². The first-order valence-corrected chi connectivity index (χ1v) is 7.43. The fraction of sp³-hybridized carbons (Fsp3) is 0.692. The van der Waals surface area contributed by atoms with Crippen molar-refractivity contribution in [1.29, 1.82) is 0 Å². The predicted molar refractivity (Wildman–Crippen MR) is 90.2 cm³/mol. The van der Waals surface area contributed by atoms with Crippen molar-refractivity contribution in [3.63, 3.8) is 0 Å². The molecule has 2 atom stereocenters. The van der Waals surface area contributed by atoms with Crippen molar-refractivity contribution in [3.8, 4) is 0 Å². The zero-order valence-electron chi connectivity index (χ0n) is 11.5. The molecule has 0 amide bonds. The van der Waals surface area contributed by atoms with E-state index in [4.69, 9.17) is 4.99 Å². The van der Waals surface area contributed by atoms with Gasteiger partial charge in [-0.1, -0.05) is 6.92 Å². The van der Waals surface area contributed by atoms with Crippen LogP contribution >= 0.6 is 35.5 Å². The third-order valence-electron chi connectivity index (χ3n) is 3.87. The van der Waals surface area contributed by atoms with Crippen molar-refractivity contribution < 1.29 is 0 Å². The molecule has 3 heterocycles. The Morgan fingerprint density at radius 3 is 3.05 bits per heavy atom. The maximum Gasteiger partial charge on any atom is 0.197 e. The first-order chi connectivity index (χ1) is 8.74. The van der Waals surface area contributed by atoms with E-state index in [2.05, 4.69) is 34.2 Å². The van der Waals surface area contributed by atoms with Crippen molar-refractivity contribution in [3.05, 3.63) is 17.1 Å². The van der Waals surface area contributed by atoms with Crippen molar-refractivity contribution in [2.75, 3.05) is 20.1 Å². The summed E-state index contributed by atoms with van der Waals surface area (Å²) < 4.78 is 4.16. The van der Waals surface area contributed by atoms with Gasteiger partial charge in [0.1, 0.15) is 0 Å². The molecule has 0 N–H and O–H groups in total. The van der Waals surface area contributed by atoms with E-state index >= 15 is 0 Å². The lowest BCUT2D eigenvalue weighted by molar-refractivity contribution is 0.197. The van der Waals surface area contributed by atoms with Gasteiger partial charge < -0.3 is 9.80 Å². The molecule has 3 rings (SSSR count). The van der Waals surface area contributed by atoms with Crippen LogP contribution in [0.15, 0.2) is 17.3 Å². The minimum atomic E-state index is 0. The van der Waals surface area contributed by atoms with Gasteiger partial charge in [0, 0.05) is 24.7 Å². The van der Waals surface area contributed by atoms with Gasteiger partial charge in [-0.25, -0.2) is 4.37 Å². The van der Waals surface area contributed by atoms with E-state index in [0.717, 1.165) is 25.6 Å². The smallest absolute Gasteiger partial charge is 0.197 e. The molecule has 0 bridgehead atoms. The SMILES string of the molecule is CC1CCC2CN=C(N(C)Cc3ccns3)N2C1.I. The molecule has 0 aliphatic carbocycles. The largest absolute Gasteiger partial charge is 0.341 e. The molecule has 2 unspecified atom stereocenters. The Hall–Kier alpha value is -0.370. The van der Waals surface area contributed by atoms with Crippen LogP contribution in [0.1, 0.15) is 24.6 Å². The van der Waals surface area contributed by atoms with Crippen LogP contribution in [-0.2, 0) is 6.54 Å². The summed E-state index contributed by atoms with van der Waals surface area (Å²) in [7, 11) is 2.14. The number of nitrogens with zero attached hydrogens (tertiary/aromatic N) is 4. The van der Waals surface area contributed by atoms with Crippen LogP contribution in [0.4, 0.5) is 0 Å². The minimum Gasteiger partial charge on any atom is -0.341 e. The van der Waals surface area contributed by atoms with Crippen LogP contribution in [0.25, 0.3) is 0 Å². The van der Waals surface area contributed by atoms with Gasteiger partial charge in [-0.2, -0.15) is 0 Å². The second-order valence-electron chi connectivity index (χ2n) is 5.46. The summed E-state index contributed by atoms with van der Waals surface area (Å²) in [5.41, 5.74) is 0. The predicted octanol–water partition coefficient (Wildman–Crippen LogP) is 2.66. The summed E-state index contributed by atoms with van der Waals surface area (Å²) in [6.07, 6.45) is 4.52. The summed E-state index contributed by atoms with van der Waals surface area (Å²) in [4.78, 5) is 10.8. The second-order valence-corrected chi connectivity index (χ2v) is 6.38. The Morgan fingerprint density at radius 2 is 2.32 bits per heavy atom. The topological polar surface area (TPSA) is 31.7 Å². The van der Waals surface area contributed by atoms with Crippen LogP contribution in [0, 0.1) is 5.92 Å². The number of hydrogen-bond donors (Lipinski definition) is 0. The van der Waals surface area contributed by atoms with Gasteiger partial charge in [0.25, 0.3) is 0 Å². The van der Waals surface area contributed by atoms with Crippen molar-refractivity contribution in [2.24, 2.45) is 10.9 Å². The van der Waals surface area contributed by atoms with Crippen LogP contribution in [0.5, 0.6) is 0 Å². The Morgan fingerprint density at radius 1 is 1.47 bits per heavy atom. The fourth-order valence-corrected chi connectivity index (χ4v) is 3.52. The molecule has 0 spiro atoms. The Bertz CT molecular complexity index is 434. The number of fused-ring (bicyclic) bond motifs is 1. The second kappa shape index (κ2) is 6.39. The summed E-state index contributed by atoms with van der Waals surface area (Å²) in [5.74, 6) is 1.97. The van der Waals surface area contributed by atoms with Crippen LogP contribution in [-0.4, -0.2) is 46.3 Å². The Balaban J connectivity index is 0.00000133. The zero-order chi connectivity index (χ0) is 12.5. The fourth-order valence-electron chi connectivity index (χ4n) is 2.89. The molecule has 2 aliphatic rings. The van der Waals surface area contributed by atoms with Gasteiger partial charge in [-0.15, -0.1) is 24.0 Å². The highest BCUT2D eigenvalue weighted by Gasteiger charge is 2.34. The standard InChI is InChI=1S/C13H20N4S.HI/c1-10-3-4-11-7-14-13(17(11)8-10)16(2)9-12-5-6-15-18-12;/h5-6,10-11H,3-4,7-9H2,1-2H3;1H. The highest BCUT2D eigenvalue weighted by molar-refractivity contribution is 14.0. The number of rotatable bonds is 2. The third kappa shape index (κ3) is 3.21. The van der Waals surface area contributed by atoms with Crippen molar-refractivity contribution in [1.82, 2.24) is 14.2 Å². The lowest BCUT2D eigenvalue weighted by atomic mass is 9.95. The normalized spacial score (nSPS) is 25.6. The maximum atomic E-state index is 4.75. The molecule has 1 saturated heterocycles. The number of halogens is 1. The number of hydrogen-bond acceptors (Lipinski definition) is 5. The van der Waals surface area contributed by atoms with E-state index < -0.39 is 0 Å². The molecule has 106 valence electrons. The molecule has 0 radical (unpaired) electrons. The number of piperidine rings is 1. The zero-order valence-corrected chi connectivity index (χ0v) is 14.6. The van der Waals surface area contributed by atoms with E-state index in [1.54, 1.807) is 11.5 Å². The summed E-state index contributed by atoms with van der Waals surface area (Å²) in [6.45, 7) is 5.40. The lowest BCUT2D eigenvalue weighted by Crippen LogP contribution is -2.48. The number of aromatic nitrogens is 1. The molecule has 0 saturated carbocycles. The minimum absolute atomic E-state index is 0. The van der Waals surface area contributed by atoms with Crippen LogP contribution in [0.3, 0.4) is 0 Å². The molecular formula is C13H21IN4S. The molecule has 6 heteroatoms. The molecule has 1 fully saturated rings. The van der Waals surface area contributed by atoms with Gasteiger partial charge in [-0.3, -0.25) is 4.99 Å². The van der Waals surface area contributed by atoms with Crippen LogP contribution < -0.4 is 0 Å². The van der Waals surface area contributed by atoms with Gasteiger partial charge in [0.2, 0.25) is 0 Å². The highest BCUT2D eigenvalue weighted by atomic mass is 127. The third-order valence-corrected chi connectivity index (χ3v) is 4.59. The molecular weight excluding hydrogens is 371 g/mol. The van der Waals surface area contributed by atoms with E-state index in [0.29, 0.717) is 6.04 Å². The molecule has 4 nitrogen and oxygen atoms in total. The molecule has 1 aromatic rings. The molecule has 0 aromatic carbocycles. The number of aliphatic imine (C=N–C) groups is 1. The quantitative estimate of drug-likeness (QED) is 0.726. The average molecular weight is 392 g/mol. The van der Waals surface area contributed by atoms with Crippen LogP contribution in [0.2, 0.25) is 0 Å². The summed E-state index contributed by atoms with van der Waals surface area (Å²) >= 11 is 1.57. The molecule has 2 aliphatic heterocycles. The first-order valence-electron chi connectivity index (χ1n) is 6.66. The van der Waals surface area contributed by atoms with Gasteiger partial charge >= 0.3 is 0 Å². The van der Waals surface area contributed by atoms with Gasteiger partial charge in [0.15, 0.2) is 5.96 Å². The summed E-state index contributed by atoms with van der Waals surface area (Å²) in [6, 6.07) is 2.74. The number of guanidine groups is 1. The van der Waals surface area contributed by atoms with Gasteiger partial charge in [0.05, 0.1) is 19.1 Å². The van der Waals surface area contributed by atoms with E-state index in [1.807, 2.05) is 6.20 Å². The molecule has 19 heavy (non-hydrogen) atoms. The maximum absolute atomic E-state index is 4.75. The molecule has 1 aromatic heterocycles. The lowest BCUT2D eigenvalue weighted by Gasteiger charge is -2.38. The Kier molecular flexibility index (Phi) is 5.05. The summed E-state index contributed by atoms with van der Waals surface area (Å²) in [5, 5.41) is 0. The van der Waals surface area contributed by atoms with Crippen molar-refractivity contribution in [2.45, 2.75) is 32.4 Å².